The summed E-state index contributed by atoms with van der Waals surface area (Å²) < 4.78 is 42.7. The van der Waals surface area contributed by atoms with Crippen molar-refractivity contribution in [1.29, 1.82) is 0 Å². The Balaban J connectivity index is 1.45. The number of pyridine rings is 1. The number of nitrogens with zero attached hydrogens (tertiary/aromatic N) is 2. The van der Waals surface area contributed by atoms with Gasteiger partial charge < -0.3 is 24.6 Å². The third-order valence-corrected chi connectivity index (χ3v) is 7.45. The summed E-state index contributed by atoms with van der Waals surface area (Å²) in [5.41, 5.74) is 1.42. The fraction of sp³-hybridized carbons (Fsp3) is 0.500. The molecule has 2 N–H and O–H groups in total. The molecule has 1 aromatic heterocycles. The molecule has 2 fully saturated rings. The number of aromatic nitrogens is 1. The van der Waals surface area contributed by atoms with Crippen molar-refractivity contribution < 1.29 is 32.5 Å². The average molecular weight is 506 g/mol. The molecule has 1 amide bonds. The van der Waals surface area contributed by atoms with Crippen molar-refractivity contribution in [2.24, 2.45) is 5.92 Å². The van der Waals surface area contributed by atoms with Crippen LogP contribution in [0.3, 0.4) is 0 Å². The lowest BCUT2D eigenvalue weighted by Gasteiger charge is -2.29. The monoisotopic (exact) mass is 505 g/mol. The number of carbonyl (C=O) groups is 1. The number of rotatable bonds is 10. The van der Waals surface area contributed by atoms with Crippen molar-refractivity contribution in [2.45, 2.75) is 43.9 Å². The number of aliphatic hydroxyl groups is 1. The normalized spacial score (nSPS) is 23.6. The summed E-state index contributed by atoms with van der Waals surface area (Å²) in [5, 5.41) is 13.8. The maximum Gasteiger partial charge on any atom is 0.407 e. The third-order valence-electron chi connectivity index (χ3n) is 6.23. The summed E-state index contributed by atoms with van der Waals surface area (Å²) in [7, 11) is -3.66. The molecule has 0 radical (unpaired) electrons. The second kappa shape index (κ2) is 11.4. The number of ether oxygens (including phenoxy) is 3. The minimum Gasteiger partial charge on any atom is -0.443 e. The highest BCUT2D eigenvalue weighted by Gasteiger charge is 2.44. The Labute approximate surface area is 205 Å². The molecule has 2 saturated heterocycles. The molecule has 1 aromatic carbocycles. The topological polar surface area (TPSA) is 127 Å². The maximum absolute atomic E-state index is 12.8. The predicted octanol–water partition coefficient (Wildman–Crippen LogP) is 1.30. The lowest BCUT2D eigenvalue weighted by atomic mass is 10.0. The molecule has 3 heterocycles. The molecule has 0 bridgehead atoms. The molecule has 0 aliphatic carbocycles. The van der Waals surface area contributed by atoms with Crippen molar-refractivity contribution >= 4 is 16.1 Å². The number of fused-ring (bicyclic) bond motifs is 1. The van der Waals surface area contributed by atoms with E-state index in [0.717, 1.165) is 22.5 Å². The van der Waals surface area contributed by atoms with Crippen LogP contribution in [0.4, 0.5) is 4.79 Å². The molecule has 2 aromatic rings. The summed E-state index contributed by atoms with van der Waals surface area (Å²) in [5.74, 6) is -0.0163. The van der Waals surface area contributed by atoms with Crippen LogP contribution >= 0.6 is 0 Å². The standard InChI is InChI=1S/C24H31N3O7S/c1-35(30,31)27(14-18-9-5-6-11-25-18)15-21(28)20(13-17-7-3-2-4-8-17)26-24(29)34-22-16-33-23-19(22)10-12-32-23/h2-9,11,19-23,28H,10,12-16H2,1H3,(H,26,29)/t19?,20-,21+,22?,23?/m0/s1. The molecule has 3 unspecified atom stereocenters. The van der Waals surface area contributed by atoms with Crippen LogP contribution in [0, 0.1) is 5.92 Å². The Bertz CT molecular complexity index is 1070. The summed E-state index contributed by atoms with van der Waals surface area (Å²) in [6.07, 6.45) is 1.00. The van der Waals surface area contributed by atoms with Gasteiger partial charge in [0.2, 0.25) is 10.0 Å². The van der Waals surface area contributed by atoms with Gasteiger partial charge in [0.25, 0.3) is 0 Å². The number of benzene rings is 1. The van der Waals surface area contributed by atoms with Gasteiger partial charge in [-0.25, -0.2) is 13.2 Å². The van der Waals surface area contributed by atoms with Gasteiger partial charge >= 0.3 is 6.09 Å². The molecule has 5 atom stereocenters. The molecule has 0 saturated carbocycles. The molecule has 2 aliphatic rings. The van der Waals surface area contributed by atoms with E-state index in [4.69, 9.17) is 14.2 Å². The summed E-state index contributed by atoms with van der Waals surface area (Å²) >= 11 is 0. The van der Waals surface area contributed by atoms with Crippen LogP contribution < -0.4 is 5.32 Å². The van der Waals surface area contributed by atoms with Crippen LogP contribution in [0.5, 0.6) is 0 Å². The minimum absolute atomic E-state index is 0.00170. The molecule has 10 nitrogen and oxygen atoms in total. The Morgan fingerprint density at radius 3 is 2.71 bits per heavy atom. The number of hydrogen-bond acceptors (Lipinski definition) is 8. The second-order valence-electron chi connectivity index (χ2n) is 8.85. The zero-order chi connectivity index (χ0) is 24.8. The predicted molar refractivity (Wildman–Crippen MR) is 127 cm³/mol. The quantitative estimate of drug-likeness (QED) is 0.495. The molecule has 190 valence electrons. The Morgan fingerprint density at radius 1 is 1.23 bits per heavy atom. The van der Waals surface area contributed by atoms with Crippen molar-refractivity contribution in [2.75, 3.05) is 26.0 Å². The zero-order valence-corrected chi connectivity index (χ0v) is 20.3. The number of alkyl carbamates (subject to hydrolysis) is 1. The lowest BCUT2D eigenvalue weighted by molar-refractivity contribution is -0.0907. The Morgan fingerprint density at radius 2 is 2.00 bits per heavy atom. The van der Waals surface area contributed by atoms with Crippen molar-refractivity contribution in [1.82, 2.24) is 14.6 Å². The smallest absolute Gasteiger partial charge is 0.407 e. The summed E-state index contributed by atoms with van der Waals surface area (Å²) in [4.78, 5) is 17.0. The number of nitrogens with one attached hydrogen (secondary N) is 1. The maximum atomic E-state index is 12.8. The number of sulfonamides is 1. The zero-order valence-electron chi connectivity index (χ0n) is 19.5. The lowest BCUT2D eigenvalue weighted by Crippen LogP contribution is -2.51. The van der Waals surface area contributed by atoms with Gasteiger partial charge in [-0.15, -0.1) is 0 Å². The highest BCUT2D eigenvalue weighted by atomic mass is 32.2. The molecule has 0 spiro atoms. The molecular formula is C24H31N3O7S. The Hall–Kier alpha value is -2.57. The van der Waals surface area contributed by atoms with E-state index in [1.54, 1.807) is 24.4 Å². The van der Waals surface area contributed by atoms with Gasteiger partial charge in [0.1, 0.15) is 6.10 Å². The van der Waals surface area contributed by atoms with Crippen LogP contribution in [0.2, 0.25) is 0 Å². The Kier molecular flexibility index (Phi) is 8.34. The first-order valence-electron chi connectivity index (χ1n) is 11.6. The van der Waals surface area contributed by atoms with Gasteiger partial charge in [0.15, 0.2) is 6.29 Å². The molecule has 2 aliphatic heterocycles. The van der Waals surface area contributed by atoms with Crippen LogP contribution in [0.1, 0.15) is 17.7 Å². The van der Waals surface area contributed by atoms with E-state index in [-0.39, 0.29) is 38.3 Å². The van der Waals surface area contributed by atoms with Gasteiger partial charge in [-0.05, 0) is 30.5 Å². The highest BCUT2D eigenvalue weighted by Crippen LogP contribution is 2.33. The number of hydrogen-bond donors (Lipinski definition) is 2. The minimum atomic E-state index is -3.66. The van der Waals surface area contributed by atoms with E-state index in [9.17, 15) is 18.3 Å². The van der Waals surface area contributed by atoms with Crippen molar-refractivity contribution in [3.63, 3.8) is 0 Å². The average Bonchev–Trinajstić information content (AvgIpc) is 3.44. The van der Waals surface area contributed by atoms with Crippen LogP contribution in [-0.2, 0) is 37.2 Å². The van der Waals surface area contributed by atoms with E-state index in [2.05, 4.69) is 10.3 Å². The van der Waals surface area contributed by atoms with E-state index in [1.807, 2.05) is 30.3 Å². The summed E-state index contributed by atoms with van der Waals surface area (Å²) in [6.45, 7) is 0.588. The van der Waals surface area contributed by atoms with E-state index in [0.29, 0.717) is 12.3 Å². The van der Waals surface area contributed by atoms with Crippen molar-refractivity contribution in [3.05, 3.63) is 66.0 Å². The van der Waals surface area contributed by atoms with Crippen LogP contribution in [0.25, 0.3) is 0 Å². The second-order valence-corrected chi connectivity index (χ2v) is 10.8. The number of amides is 1. The van der Waals surface area contributed by atoms with Gasteiger partial charge in [-0.1, -0.05) is 36.4 Å². The summed E-state index contributed by atoms with van der Waals surface area (Å²) in [6, 6.07) is 13.8. The molecule has 11 heteroatoms. The van der Waals surface area contributed by atoms with Gasteiger partial charge in [0.05, 0.1) is 49.8 Å². The van der Waals surface area contributed by atoms with Crippen LogP contribution in [-0.4, -0.2) is 79.5 Å². The largest absolute Gasteiger partial charge is 0.443 e. The molecule has 35 heavy (non-hydrogen) atoms. The van der Waals surface area contributed by atoms with E-state index >= 15 is 0 Å². The van der Waals surface area contributed by atoms with E-state index < -0.39 is 34.4 Å². The first-order chi connectivity index (χ1) is 16.8. The van der Waals surface area contributed by atoms with E-state index in [1.165, 1.54) is 0 Å². The fourth-order valence-electron chi connectivity index (χ4n) is 4.35. The van der Waals surface area contributed by atoms with Gasteiger partial charge in [-0.3, -0.25) is 4.98 Å². The van der Waals surface area contributed by atoms with Gasteiger partial charge in [-0.2, -0.15) is 4.31 Å². The highest BCUT2D eigenvalue weighted by molar-refractivity contribution is 7.88. The molecule has 4 rings (SSSR count). The molecular weight excluding hydrogens is 474 g/mol. The number of carbonyl (C=O) groups excluding carboxylic acids is 1. The first kappa shape index (κ1) is 25.5. The van der Waals surface area contributed by atoms with Gasteiger partial charge in [0, 0.05) is 12.7 Å². The van der Waals surface area contributed by atoms with Crippen molar-refractivity contribution in [3.8, 4) is 0 Å². The third kappa shape index (κ3) is 6.98. The SMILES string of the molecule is CS(=O)(=O)N(Cc1ccccn1)C[C@@H](O)[C@H](Cc1ccccc1)NC(=O)OC1COC2OCCC12. The number of aliphatic hydroxyl groups excluding tert-OH is 1. The van der Waals surface area contributed by atoms with Crippen LogP contribution in [0.15, 0.2) is 54.7 Å². The first-order valence-corrected chi connectivity index (χ1v) is 13.4. The fourth-order valence-corrected chi connectivity index (χ4v) is 5.14.